The van der Waals surface area contributed by atoms with Gasteiger partial charge in [-0.3, -0.25) is 0 Å². The van der Waals surface area contributed by atoms with Crippen molar-refractivity contribution in [2.45, 2.75) is 12.4 Å². The third kappa shape index (κ3) is 4.96. The molecule has 0 atom stereocenters. The van der Waals surface area contributed by atoms with E-state index >= 15 is 0 Å². The standard InChI is InChI=1S/C31H17F6N3O/c1-41-23-9-7-22(8-10-23)40-28-5-3-2-4-24(28)25-14-18(6-11-29(25)40)26(16-38)27(17-39)19-12-20(30(32,33)34)15-21(13-19)31(35,36)37/h2-15H,1H3. The van der Waals surface area contributed by atoms with Gasteiger partial charge in [0.2, 0.25) is 0 Å². The number of hydrogen-bond donors (Lipinski definition) is 0. The highest BCUT2D eigenvalue weighted by atomic mass is 19.4. The van der Waals surface area contributed by atoms with Crippen LogP contribution in [0.2, 0.25) is 0 Å². The average molecular weight is 561 g/mol. The monoisotopic (exact) mass is 561 g/mol. The van der Waals surface area contributed by atoms with Gasteiger partial charge in [0.15, 0.2) is 0 Å². The molecule has 10 heteroatoms. The molecule has 0 saturated heterocycles. The van der Waals surface area contributed by atoms with E-state index in [9.17, 15) is 36.9 Å². The number of benzene rings is 4. The van der Waals surface area contributed by atoms with Gasteiger partial charge >= 0.3 is 12.4 Å². The van der Waals surface area contributed by atoms with Crippen molar-refractivity contribution in [2.75, 3.05) is 7.11 Å². The van der Waals surface area contributed by atoms with Gasteiger partial charge in [0.1, 0.15) is 17.9 Å². The Morgan fingerprint density at radius 3 is 1.78 bits per heavy atom. The normalized spacial score (nSPS) is 12.6. The second kappa shape index (κ2) is 10.1. The molecule has 0 amide bonds. The van der Waals surface area contributed by atoms with E-state index in [2.05, 4.69) is 0 Å². The van der Waals surface area contributed by atoms with Crippen LogP contribution in [0.15, 0.2) is 84.9 Å². The lowest BCUT2D eigenvalue weighted by atomic mass is 9.93. The van der Waals surface area contributed by atoms with Crippen molar-refractivity contribution in [1.82, 2.24) is 4.57 Å². The second-order valence-corrected chi connectivity index (χ2v) is 9.05. The lowest BCUT2D eigenvalue weighted by Crippen LogP contribution is -2.11. The molecular formula is C31H17F6N3O. The molecule has 41 heavy (non-hydrogen) atoms. The topological polar surface area (TPSA) is 61.7 Å². The van der Waals surface area contributed by atoms with Gasteiger partial charge < -0.3 is 9.30 Å². The van der Waals surface area contributed by atoms with Crippen LogP contribution in [0.4, 0.5) is 26.3 Å². The molecule has 0 fully saturated rings. The highest BCUT2D eigenvalue weighted by molar-refractivity contribution is 6.12. The number of nitrogens with zero attached hydrogens (tertiary/aromatic N) is 3. The van der Waals surface area contributed by atoms with E-state index in [1.807, 2.05) is 47.0 Å². The summed E-state index contributed by atoms with van der Waals surface area (Å²) in [6.07, 6.45) is -10.2. The number of allylic oxidation sites excluding steroid dienone is 2. The van der Waals surface area contributed by atoms with Gasteiger partial charge in [0.25, 0.3) is 0 Å². The van der Waals surface area contributed by atoms with Crippen LogP contribution in [-0.2, 0) is 12.4 Å². The maximum Gasteiger partial charge on any atom is 0.416 e. The van der Waals surface area contributed by atoms with Gasteiger partial charge in [-0.1, -0.05) is 24.3 Å². The number of aromatic nitrogens is 1. The smallest absolute Gasteiger partial charge is 0.416 e. The Morgan fingerprint density at radius 1 is 0.659 bits per heavy atom. The summed E-state index contributed by atoms with van der Waals surface area (Å²) in [5.74, 6) is 0.660. The first-order chi connectivity index (χ1) is 19.5. The number of fused-ring (bicyclic) bond motifs is 3. The SMILES string of the molecule is COc1ccc(-n2c3ccccc3c3cc(C(C#N)=C(C#N)c4cc(C(F)(F)F)cc(C(F)(F)F)c4)ccc32)cc1. The quantitative estimate of drug-likeness (QED) is 0.125. The molecule has 0 aliphatic rings. The Balaban J connectivity index is 1.76. The second-order valence-electron chi connectivity index (χ2n) is 9.05. The first kappa shape index (κ1) is 27.4. The zero-order valence-corrected chi connectivity index (χ0v) is 21.1. The predicted octanol–water partition coefficient (Wildman–Crippen LogP) is 8.79. The van der Waals surface area contributed by atoms with Crippen LogP contribution in [0.3, 0.4) is 0 Å². The van der Waals surface area contributed by atoms with E-state index in [0.29, 0.717) is 23.3 Å². The van der Waals surface area contributed by atoms with Crippen molar-refractivity contribution in [1.29, 1.82) is 10.5 Å². The maximum absolute atomic E-state index is 13.5. The van der Waals surface area contributed by atoms with Crippen molar-refractivity contribution < 1.29 is 31.1 Å². The van der Waals surface area contributed by atoms with E-state index in [-0.39, 0.29) is 17.2 Å². The maximum atomic E-state index is 13.5. The first-order valence-corrected chi connectivity index (χ1v) is 12.0. The first-order valence-electron chi connectivity index (χ1n) is 12.0. The average Bonchev–Trinajstić information content (AvgIpc) is 3.28. The molecule has 0 radical (unpaired) electrons. The van der Waals surface area contributed by atoms with Crippen LogP contribution in [0.1, 0.15) is 22.3 Å². The Labute approximate surface area is 229 Å². The van der Waals surface area contributed by atoms with Crippen molar-refractivity contribution in [3.63, 3.8) is 0 Å². The summed E-state index contributed by atoms with van der Waals surface area (Å²) in [5.41, 5.74) is -2.26. The zero-order chi connectivity index (χ0) is 29.5. The Bertz CT molecular complexity index is 1890. The van der Waals surface area contributed by atoms with E-state index in [1.54, 1.807) is 37.4 Å². The lowest BCUT2D eigenvalue weighted by Gasteiger charge is -2.14. The molecule has 1 heterocycles. The van der Waals surface area contributed by atoms with E-state index in [0.717, 1.165) is 22.1 Å². The third-order valence-corrected chi connectivity index (χ3v) is 6.64. The molecule has 0 aliphatic heterocycles. The number of ether oxygens (including phenoxy) is 1. The van der Waals surface area contributed by atoms with E-state index in [4.69, 9.17) is 4.74 Å². The summed E-state index contributed by atoms with van der Waals surface area (Å²) in [5, 5.41) is 21.3. The molecule has 4 nitrogen and oxygen atoms in total. The Morgan fingerprint density at radius 2 is 1.22 bits per heavy atom. The van der Waals surface area contributed by atoms with Crippen molar-refractivity contribution in [2.24, 2.45) is 0 Å². The van der Waals surface area contributed by atoms with Crippen LogP contribution >= 0.6 is 0 Å². The number of para-hydroxylation sites is 1. The van der Waals surface area contributed by atoms with Crippen LogP contribution < -0.4 is 4.74 Å². The molecule has 0 saturated carbocycles. The number of nitriles is 2. The van der Waals surface area contributed by atoms with Crippen LogP contribution in [0.5, 0.6) is 5.75 Å². The van der Waals surface area contributed by atoms with Crippen molar-refractivity contribution in [3.8, 4) is 23.6 Å². The lowest BCUT2D eigenvalue weighted by molar-refractivity contribution is -0.143. The van der Waals surface area contributed by atoms with Crippen LogP contribution in [-0.4, -0.2) is 11.7 Å². The third-order valence-electron chi connectivity index (χ3n) is 6.64. The van der Waals surface area contributed by atoms with Crippen molar-refractivity contribution in [3.05, 3.63) is 107 Å². The summed E-state index contributed by atoms with van der Waals surface area (Å²) in [6, 6.07) is 23.9. The van der Waals surface area contributed by atoms with Gasteiger partial charge in [-0.2, -0.15) is 36.9 Å². The van der Waals surface area contributed by atoms with Crippen molar-refractivity contribution >= 4 is 33.0 Å². The number of methoxy groups -OCH3 is 1. The summed E-state index contributed by atoms with van der Waals surface area (Å²) in [7, 11) is 1.55. The zero-order valence-electron chi connectivity index (χ0n) is 21.1. The summed E-state index contributed by atoms with van der Waals surface area (Å²) >= 11 is 0. The Kier molecular flexibility index (Phi) is 6.72. The fourth-order valence-corrected chi connectivity index (χ4v) is 4.77. The van der Waals surface area contributed by atoms with Gasteiger partial charge in [-0.05, 0) is 71.8 Å². The number of rotatable bonds is 4. The molecule has 1 aromatic heterocycles. The molecule has 0 spiro atoms. The van der Waals surface area contributed by atoms with Gasteiger partial charge in [0.05, 0.1) is 40.4 Å². The fourth-order valence-electron chi connectivity index (χ4n) is 4.77. The predicted molar refractivity (Wildman–Crippen MR) is 142 cm³/mol. The molecular weight excluding hydrogens is 544 g/mol. The minimum absolute atomic E-state index is 0.0232. The molecule has 0 bridgehead atoms. The molecule has 4 aromatic carbocycles. The molecule has 204 valence electrons. The highest BCUT2D eigenvalue weighted by Gasteiger charge is 2.37. The summed E-state index contributed by atoms with van der Waals surface area (Å²) in [6.45, 7) is 0. The molecule has 5 rings (SSSR count). The molecule has 0 unspecified atom stereocenters. The van der Waals surface area contributed by atoms with Crippen LogP contribution in [0.25, 0.3) is 38.6 Å². The van der Waals surface area contributed by atoms with Gasteiger partial charge in [-0.15, -0.1) is 0 Å². The van der Waals surface area contributed by atoms with E-state index in [1.165, 1.54) is 6.07 Å². The number of hydrogen-bond acceptors (Lipinski definition) is 3. The molecule has 0 N–H and O–H groups in total. The fraction of sp³-hybridized carbons (Fsp3) is 0.0968. The van der Waals surface area contributed by atoms with Gasteiger partial charge in [-0.25, -0.2) is 0 Å². The van der Waals surface area contributed by atoms with Gasteiger partial charge in [0, 0.05) is 16.5 Å². The summed E-state index contributed by atoms with van der Waals surface area (Å²) < 4.78 is 88.1. The number of halogens is 6. The largest absolute Gasteiger partial charge is 0.497 e. The Hall–Kier alpha value is -5.22. The number of alkyl halides is 6. The molecule has 0 aliphatic carbocycles. The minimum atomic E-state index is -5.11. The van der Waals surface area contributed by atoms with Crippen LogP contribution in [0, 0.1) is 22.7 Å². The minimum Gasteiger partial charge on any atom is -0.497 e. The molecule has 5 aromatic rings. The van der Waals surface area contributed by atoms with E-state index < -0.39 is 34.6 Å². The highest BCUT2D eigenvalue weighted by Crippen LogP contribution is 2.40. The summed E-state index contributed by atoms with van der Waals surface area (Å²) in [4.78, 5) is 0.